The maximum Gasteiger partial charge on any atom is 0.336 e. The topological polar surface area (TPSA) is 112 Å². The Morgan fingerprint density at radius 1 is 0.893 bits per heavy atom. The van der Waals surface area contributed by atoms with Crippen molar-refractivity contribution >= 4 is 22.9 Å². The van der Waals surface area contributed by atoms with Crippen molar-refractivity contribution < 1.29 is 24.2 Å². The molecule has 3 N–H and O–H groups in total. The molecule has 0 radical (unpaired) electrons. The number of hydrogen-bond acceptors (Lipinski definition) is 4. The molecule has 138 valence electrons. The summed E-state index contributed by atoms with van der Waals surface area (Å²) in [4.78, 5) is 23.2. The summed E-state index contributed by atoms with van der Waals surface area (Å²) in [5.74, 6) is -1.95. The fourth-order valence-corrected chi connectivity index (χ4v) is 3.36. The van der Waals surface area contributed by atoms with E-state index in [1.165, 1.54) is 12.1 Å². The highest BCUT2D eigenvalue weighted by atomic mass is 16.4. The molecule has 0 saturated heterocycles. The van der Waals surface area contributed by atoms with Crippen LogP contribution in [0.15, 0.2) is 59.0 Å². The summed E-state index contributed by atoms with van der Waals surface area (Å²) in [6, 6.07) is 14.6. The Labute approximate surface area is 159 Å². The number of carboxylic acids is 2. The number of benzene rings is 3. The molecule has 0 unspecified atom stereocenters. The Hall–Kier alpha value is -3.93. The van der Waals surface area contributed by atoms with Crippen LogP contribution in [0.5, 0.6) is 0 Å². The summed E-state index contributed by atoms with van der Waals surface area (Å²) in [7, 11) is 0. The van der Waals surface area contributed by atoms with Crippen molar-refractivity contribution in [1.82, 2.24) is 0 Å². The second kappa shape index (κ2) is 6.35. The van der Waals surface area contributed by atoms with Gasteiger partial charge in [-0.3, -0.25) is 0 Å². The van der Waals surface area contributed by atoms with Crippen LogP contribution in [0.25, 0.3) is 33.4 Å². The third-order valence-corrected chi connectivity index (χ3v) is 4.64. The first kappa shape index (κ1) is 17.5. The van der Waals surface area contributed by atoms with Gasteiger partial charge in [0, 0.05) is 22.6 Å². The maximum absolute atomic E-state index is 11.9. The highest BCUT2D eigenvalue weighted by Crippen LogP contribution is 2.41. The first-order chi connectivity index (χ1) is 13.3. The van der Waals surface area contributed by atoms with Gasteiger partial charge in [0.15, 0.2) is 0 Å². The molecule has 2 aromatic rings. The van der Waals surface area contributed by atoms with Crippen molar-refractivity contribution in [3.8, 4) is 22.5 Å². The normalized spacial score (nSPS) is 11.0. The van der Waals surface area contributed by atoms with Crippen molar-refractivity contribution in [2.75, 3.05) is 0 Å². The van der Waals surface area contributed by atoms with Gasteiger partial charge in [0.05, 0.1) is 16.5 Å². The molecule has 6 nitrogen and oxygen atoms in total. The molecular formula is C22H15NO5. The molecule has 2 aliphatic rings. The number of carboxylic acid groups (broad SMARTS) is 2. The SMILES string of the molecule is Cc1ccc2c(-c3ccc(C(=O)O)cc3C(=O)O)c3ccc(=N)cc-3oc2c1. The van der Waals surface area contributed by atoms with E-state index in [4.69, 9.17) is 9.83 Å². The van der Waals surface area contributed by atoms with Gasteiger partial charge in [0.1, 0.15) is 11.3 Å². The van der Waals surface area contributed by atoms with E-state index in [9.17, 15) is 19.8 Å². The van der Waals surface area contributed by atoms with Crippen molar-refractivity contribution in [2.45, 2.75) is 6.92 Å². The minimum Gasteiger partial charge on any atom is -0.478 e. The van der Waals surface area contributed by atoms with Crippen LogP contribution in [-0.4, -0.2) is 22.2 Å². The van der Waals surface area contributed by atoms with Crippen molar-refractivity contribution in [2.24, 2.45) is 0 Å². The second-order valence-electron chi connectivity index (χ2n) is 6.56. The molecule has 0 atom stereocenters. The van der Waals surface area contributed by atoms with Crippen LogP contribution in [0.3, 0.4) is 0 Å². The van der Waals surface area contributed by atoms with Crippen LogP contribution in [0.1, 0.15) is 26.3 Å². The lowest BCUT2D eigenvalue weighted by molar-refractivity contribution is 0.0696. The first-order valence-electron chi connectivity index (χ1n) is 8.48. The number of hydrogen-bond donors (Lipinski definition) is 3. The predicted octanol–water partition coefficient (Wildman–Crippen LogP) is 4.39. The number of aromatic carboxylic acids is 2. The quantitative estimate of drug-likeness (QED) is 0.461. The van der Waals surface area contributed by atoms with Crippen LogP contribution in [0.4, 0.5) is 0 Å². The minimum atomic E-state index is -1.22. The molecule has 0 aromatic heterocycles. The van der Waals surface area contributed by atoms with E-state index in [0.717, 1.165) is 11.6 Å². The van der Waals surface area contributed by atoms with Gasteiger partial charge < -0.3 is 20.0 Å². The molecule has 1 aliphatic carbocycles. The molecule has 6 heteroatoms. The monoisotopic (exact) mass is 373 g/mol. The van der Waals surface area contributed by atoms with E-state index < -0.39 is 11.9 Å². The van der Waals surface area contributed by atoms with Crippen molar-refractivity contribution in [3.05, 3.63) is 76.6 Å². The van der Waals surface area contributed by atoms with Crippen LogP contribution >= 0.6 is 0 Å². The standard InChI is InChI=1S/C22H15NO5/c1-11-2-5-15-18(8-11)28-19-10-13(23)4-7-16(19)20(15)14-6-3-12(21(24)25)9-17(14)22(26)27/h2-10,23H,1H3,(H,24,25)(H,26,27). The van der Waals surface area contributed by atoms with Gasteiger partial charge in [-0.2, -0.15) is 0 Å². The zero-order valence-corrected chi connectivity index (χ0v) is 14.8. The summed E-state index contributed by atoms with van der Waals surface area (Å²) in [6.45, 7) is 1.92. The lowest BCUT2D eigenvalue weighted by atomic mass is 9.89. The van der Waals surface area contributed by atoms with Gasteiger partial charge in [-0.1, -0.05) is 18.2 Å². The average Bonchev–Trinajstić information content (AvgIpc) is 2.65. The van der Waals surface area contributed by atoms with E-state index in [2.05, 4.69) is 0 Å². The van der Waals surface area contributed by atoms with Gasteiger partial charge in [-0.25, -0.2) is 9.59 Å². The lowest BCUT2D eigenvalue weighted by Crippen LogP contribution is -2.06. The number of nitrogens with one attached hydrogen (secondary N) is 1. The van der Waals surface area contributed by atoms with Gasteiger partial charge in [0.25, 0.3) is 0 Å². The Balaban J connectivity index is 2.17. The Bertz CT molecular complexity index is 1300. The van der Waals surface area contributed by atoms with Crippen molar-refractivity contribution in [1.29, 1.82) is 5.41 Å². The molecule has 0 bridgehead atoms. The van der Waals surface area contributed by atoms with E-state index in [1.54, 1.807) is 18.2 Å². The van der Waals surface area contributed by atoms with E-state index in [0.29, 0.717) is 33.4 Å². The highest BCUT2D eigenvalue weighted by molar-refractivity contribution is 6.08. The molecule has 0 fully saturated rings. The summed E-state index contributed by atoms with van der Waals surface area (Å²) < 4.78 is 5.97. The fraction of sp³-hybridized carbons (Fsp3) is 0.0455. The molecular weight excluding hydrogens is 358 g/mol. The van der Waals surface area contributed by atoms with Crippen LogP contribution in [0, 0.1) is 12.3 Å². The maximum atomic E-state index is 11.9. The molecule has 0 spiro atoms. The molecule has 1 aliphatic heterocycles. The van der Waals surface area contributed by atoms with Gasteiger partial charge >= 0.3 is 11.9 Å². The summed E-state index contributed by atoms with van der Waals surface area (Å²) >= 11 is 0. The number of fused-ring (bicyclic) bond motifs is 2. The lowest BCUT2D eigenvalue weighted by Gasteiger charge is -2.17. The van der Waals surface area contributed by atoms with Crippen LogP contribution in [0.2, 0.25) is 0 Å². The van der Waals surface area contributed by atoms with Crippen LogP contribution in [-0.2, 0) is 0 Å². The molecule has 4 rings (SSSR count). The summed E-state index contributed by atoms with van der Waals surface area (Å²) in [5.41, 5.74) is 3.01. The Morgan fingerprint density at radius 3 is 2.36 bits per heavy atom. The number of aryl methyl sites for hydroxylation is 1. The summed E-state index contributed by atoms with van der Waals surface area (Å²) in [6.07, 6.45) is 0. The minimum absolute atomic E-state index is 0.0975. The van der Waals surface area contributed by atoms with Gasteiger partial charge in [0.2, 0.25) is 0 Å². The number of rotatable bonds is 3. The zero-order valence-electron chi connectivity index (χ0n) is 14.8. The average molecular weight is 373 g/mol. The molecule has 2 aromatic carbocycles. The van der Waals surface area contributed by atoms with Crippen LogP contribution < -0.4 is 5.36 Å². The molecule has 1 heterocycles. The Kier molecular flexibility index (Phi) is 3.96. The second-order valence-corrected chi connectivity index (χ2v) is 6.56. The first-order valence-corrected chi connectivity index (χ1v) is 8.48. The van der Waals surface area contributed by atoms with Gasteiger partial charge in [-0.15, -0.1) is 0 Å². The predicted molar refractivity (Wildman–Crippen MR) is 103 cm³/mol. The highest BCUT2D eigenvalue weighted by Gasteiger charge is 2.22. The Morgan fingerprint density at radius 2 is 1.64 bits per heavy atom. The third kappa shape index (κ3) is 2.81. The van der Waals surface area contributed by atoms with E-state index >= 15 is 0 Å². The number of carbonyl (C=O) groups is 2. The van der Waals surface area contributed by atoms with Gasteiger partial charge in [-0.05, 0) is 48.4 Å². The fourth-order valence-electron chi connectivity index (χ4n) is 3.36. The smallest absolute Gasteiger partial charge is 0.336 e. The molecule has 0 amide bonds. The van der Waals surface area contributed by atoms with E-state index in [1.807, 2.05) is 25.1 Å². The molecule has 0 saturated carbocycles. The van der Waals surface area contributed by atoms with Crippen molar-refractivity contribution in [3.63, 3.8) is 0 Å². The third-order valence-electron chi connectivity index (χ3n) is 4.64. The van der Waals surface area contributed by atoms with E-state index in [-0.39, 0.29) is 16.5 Å². The largest absolute Gasteiger partial charge is 0.478 e. The zero-order chi connectivity index (χ0) is 20.0. The molecule has 28 heavy (non-hydrogen) atoms. The summed E-state index contributed by atoms with van der Waals surface area (Å²) in [5, 5.41) is 27.8.